The molecule has 1 aromatic rings. The number of hydrogen-bond donors (Lipinski definition) is 6. The van der Waals surface area contributed by atoms with Crippen molar-refractivity contribution in [2.75, 3.05) is 12.3 Å². The summed E-state index contributed by atoms with van der Waals surface area (Å²) in [5.41, 5.74) is 14.3. The zero-order chi connectivity index (χ0) is 24.1. The molecule has 8 N–H and O–H groups in total. The zero-order valence-corrected chi connectivity index (χ0v) is 20.0. The lowest BCUT2D eigenvalue weighted by Crippen LogP contribution is -2.62. The largest absolute Gasteiger partial charge is 0.404 e. The molecule has 1 aliphatic rings. The molecule has 1 saturated heterocycles. The summed E-state index contributed by atoms with van der Waals surface area (Å²) in [5.74, 6) is 0.419. The lowest BCUT2D eigenvalue weighted by atomic mass is 9.79. The van der Waals surface area contributed by atoms with Crippen LogP contribution in [0.25, 0.3) is 5.57 Å². The Morgan fingerprint density at radius 3 is 2.28 bits per heavy atom. The van der Waals surface area contributed by atoms with Gasteiger partial charge in [0, 0.05) is 52.9 Å². The number of benzene rings is 1. The Bertz CT molecular complexity index is 908. The van der Waals surface area contributed by atoms with Crippen LogP contribution < -0.4 is 16.8 Å². The van der Waals surface area contributed by atoms with Gasteiger partial charge in [0.2, 0.25) is 0 Å². The Morgan fingerprint density at radius 2 is 1.78 bits per heavy atom. The van der Waals surface area contributed by atoms with E-state index in [2.05, 4.69) is 44.8 Å². The molecule has 1 fully saturated rings. The maximum Gasteiger partial charge on any atom is 0.120 e. The van der Waals surface area contributed by atoms with Gasteiger partial charge in [0.1, 0.15) is 5.84 Å². The van der Waals surface area contributed by atoms with Crippen LogP contribution in [0.4, 0.5) is 5.69 Å². The predicted molar refractivity (Wildman–Crippen MR) is 137 cm³/mol. The maximum atomic E-state index is 8.74. The van der Waals surface area contributed by atoms with Crippen LogP contribution in [0.3, 0.4) is 0 Å². The average molecular weight is 438 g/mol. The fraction of sp³-hybridized carbons (Fsp3) is 0.480. The lowest BCUT2D eigenvalue weighted by Gasteiger charge is -2.50. The second kappa shape index (κ2) is 10.1. The number of nitrogens with one attached hydrogen (secondary N) is 4. The number of nitrogens with zero attached hydrogens (tertiary/aromatic N) is 1. The van der Waals surface area contributed by atoms with Gasteiger partial charge in [-0.1, -0.05) is 19.1 Å². The number of nitrogen functional groups attached to an aromatic ring is 1. The van der Waals surface area contributed by atoms with E-state index in [0.29, 0.717) is 22.7 Å². The van der Waals surface area contributed by atoms with Crippen molar-refractivity contribution < 1.29 is 0 Å². The molecule has 0 saturated carbocycles. The van der Waals surface area contributed by atoms with Gasteiger partial charge in [0.15, 0.2) is 0 Å². The van der Waals surface area contributed by atoms with Crippen molar-refractivity contribution in [3.05, 3.63) is 47.7 Å². The van der Waals surface area contributed by atoms with Crippen molar-refractivity contribution >= 4 is 29.0 Å². The van der Waals surface area contributed by atoms with E-state index in [1.54, 1.807) is 30.4 Å². The highest BCUT2D eigenvalue weighted by molar-refractivity contribution is 6.13. The van der Waals surface area contributed by atoms with Gasteiger partial charge in [-0.2, -0.15) is 0 Å². The molecule has 0 aliphatic carbocycles. The van der Waals surface area contributed by atoms with Gasteiger partial charge in [-0.05, 0) is 70.7 Å². The minimum atomic E-state index is -0.00137. The zero-order valence-electron chi connectivity index (χ0n) is 20.0. The van der Waals surface area contributed by atoms with E-state index in [4.69, 9.17) is 27.7 Å². The molecule has 7 heteroatoms. The minimum Gasteiger partial charge on any atom is -0.404 e. The Hall–Kier alpha value is -2.93. The number of rotatable bonds is 8. The first-order chi connectivity index (χ1) is 14.9. The highest BCUT2D eigenvalue weighted by Gasteiger charge is 2.40. The predicted octanol–water partition coefficient (Wildman–Crippen LogP) is 4.14. The quantitative estimate of drug-likeness (QED) is 0.207. The first-order valence-electron chi connectivity index (χ1n) is 11.2. The van der Waals surface area contributed by atoms with Crippen molar-refractivity contribution in [1.29, 1.82) is 16.2 Å². The summed E-state index contributed by atoms with van der Waals surface area (Å²) in [6.45, 7) is 11.8. The van der Waals surface area contributed by atoms with Gasteiger partial charge in [-0.15, -0.1) is 0 Å². The molecule has 1 aliphatic heterocycles. The van der Waals surface area contributed by atoms with Gasteiger partial charge in [-0.25, -0.2) is 0 Å². The first kappa shape index (κ1) is 25.3. The first-order valence-corrected chi connectivity index (χ1v) is 11.2. The van der Waals surface area contributed by atoms with Crippen LogP contribution in [0.1, 0.15) is 65.0 Å². The molecule has 0 atom stereocenters. The topological polar surface area (TPSA) is 139 Å². The number of allylic oxidation sites excluding steroid dienone is 2. The van der Waals surface area contributed by atoms with E-state index in [9.17, 15) is 0 Å². The third kappa shape index (κ3) is 6.29. The van der Waals surface area contributed by atoms with Crippen LogP contribution in [-0.4, -0.2) is 46.3 Å². The molecule has 1 heterocycles. The van der Waals surface area contributed by atoms with Crippen LogP contribution in [-0.2, 0) is 0 Å². The Morgan fingerprint density at radius 1 is 1.16 bits per heavy atom. The highest BCUT2D eigenvalue weighted by atomic mass is 15.2. The lowest BCUT2D eigenvalue weighted by molar-refractivity contribution is 0.103. The Balaban J connectivity index is 2.21. The molecule has 32 heavy (non-hydrogen) atoms. The Kier molecular flexibility index (Phi) is 8.02. The summed E-state index contributed by atoms with van der Waals surface area (Å²) in [7, 11) is 0. The average Bonchev–Trinajstić information content (AvgIpc) is 2.68. The fourth-order valence-corrected chi connectivity index (χ4v) is 4.79. The number of amidine groups is 1. The normalized spacial score (nSPS) is 18.5. The molecule has 0 aromatic heterocycles. The molecular formula is C25H39N7. The standard InChI is InChI=1S/C25H39N7/c1-6-11-32(19-13-24(2,3)31-25(4,5)14-19)23(30)10-9-21(28)20-8-7-17(12-22(20)29)18(15-26)16-27/h7-10,12,15-16,19,26,28,30-31H,6,11,13-14,27,29H2,1-5H3/b10-9-,18-16+,26-15?,28-21?,30-23?. The fourth-order valence-electron chi connectivity index (χ4n) is 4.79. The SMILES string of the molecule is CCCN(C(=N)/C=C\C(=N)c1ccc(/C(C=N)=C/N)cc1N)C1CC(C)(C)NC(C)(C)C1. The van der Waals surface area contributed by atoms with Crippen molar-refractivity contribution in [3.63, 3.8) is 0 Å². The molecule has 0 amide bonds. The summed E-state index contributed by atoms with van der Waals surface area (Å²) in [5, 5.41) is 28.3. The molecular weight excluding hydrogens is 398 g/mol. The van der Waals surface area contributed by atoms with Crippen molar-refractivity contribution in [2.45, 2.75) is 71.0 Å². The Labute approximate surface area is 192 Å². The van der Waals surface area contributed by atoms with E-state index in [1.807, 2.05) is 0 Å². The monoisotopic (exact) mass is 437 g/mol. The summed E-state index contributed by atoms with van der Waals surface area (Å²) in [6.07, 6.45) is 8.76. The van der Waals surface area contributed by atoms with Crippen LogP contribution in [0.5, 0.6) is 0 Å². The van der Waals surface area contributed by atoms with Crippen molar-refractivity contribution in [1.82, 2.24) is 10.2 Å². The minimum absolute atomic E-state index is 0.00137. The van der Waals surface area contributed by atoms with Gasteiger partial charge < -0.3 is 32.5 Å². The number of nitrogens with two attached hydrogens (primary N) is 2. The van der Waals surface area contributed by atoms with Crippen molar-refractivity contribution in [3.8, 4) is 0 Å². The van der Waals surface area contributed by atoms with Gasteiger partial charge in [0.05, 0.1) is 5.71 Å². The van der Waals surface area contributed by atoms with E-state index in [0.717, 1.165) is 31.4 Å². The summed E-state index contributed by atoms with van der Waals surface area (Å²) < 4.78 is 0. The second-order valence-corrected chi connectivity index (χ2v) is 9.85. The van der Waals surface area contributed by atoms with E-state index >= 15 is 0 Å². The molecule has 7 nitrogen and oxygen atoms in total. The third-order valence-corrected chi connectivity index (χ3v) is 5.80. The molecule has 174 valence electrons. The maximum absolute atomic E-state index is 8.74. The molecule has 2 rings (SSSR count). The van der Waals surface area contributed by atoms with Crippen LogP contribution in [0.15, 0.2) is 36.6 Å². The van der Waals surface area contributed by atoms with Gasteiger partial charge >= 0.3 is 0 Å². The van der Waals surface area contributed by atoms with E-state index in [-0.39, 0.29) is 22.8 Å². The van der Waals surface area contributed by atoms with E-state index in [1.165, 1.54) is 12.4 Å². The highest BCUT2D eigenvalue weighted by Crippen LogP contribution is 2.32. The number of piperidine rings is 1. The smallest absolute Gasteiger partial charge is 0.120 e. The molecule has 0 spiro atoms. The summed E-state index contributed by atoms with van der Waals surface area (Å²) >= 11 is 0. The molecule has 0 bridgehead atoms. The molecule has 0 radical (unpaired) electrons. The van der Waals surface area contributed by atoms with Gasteiger partial charge in [0.25, 0.3) is 0 Å². The van der Waals surface area contributed by atoms with Crippen LogP contribution >= 0.6 is 0 Å². The summed E-state index contributed by atoms with van der Waals surface area (Å²) in [6, 6.07) is 5.54. The third-order valence-electron chi connectivity index (χ3n) is 5.80. The molecule has 0 unspecified atom stereocenters. The van der Waals surface area contributed by atoms with Gasteiger partial charge in [-0.3, -0.25) is 5.41 Å². The van der Waals surface area contributed by atoms with Crippen LogP contribution in [0, 0.1) is 16.2 Å². The number of anilines is 1. The molecule has 1 aromatic carbocycles. The summed E-state index contributed by atoms with van der Waals surface area (Å²) in [4.78, 5) is 2.17. The van der Waals surface area contributed by atoms with E-state index < -0.39 is 0 Å². The van der Waals surface area contributed by atoms with Crippen LogP contribution in [0.2, 0.25) is 0 Å². The second-order valence-electron chi connectivity index (χ2n) is 9.85. The number of hydrogen-bond acceptors (Lipinski definition) is 6. The van der Waals surface area contributed by atoms with Crippen molar-refractivity contribution in [2.24, 2.45) is 5.73 Å².